The van der Waals surface area contributed by atoms with Crippen LogP contribution in [-0.4, -0.2) is 48.4 Å². The van der Waals surface area contributed by atoms with Crippen LogP contribution in [0.25, 0.3) is 0 Å². The molecule has 2 aromatic rings. The molecule has 158 valence electrons. The second-order valence-corrected chi connectivity index (χ2v) is 8.86. The molecule has 4 rings (SSSR count). The van der Waals surface area contributed by atoms with Crippen LogP contribution in [0.15, 0.2) is 54.6 Å². The molecule has 2 aliphatic rings. The van der Waals surface area contributed by atoms with Gasteiger partial charge in [0, 0.05) is 37.3 Å². The van der Waals surface area contributed by atoms with Crippen LogP contribution < -0.4 is 10.2 Å². The topological polar surface area (TPSA) is 52.7 Å². The predicted molar refractivity (Wildman–Crippen MR) is 120 cm³/mol. The number of hydrogen-bond acceptors (Lipinski definition) is 4. The Kier molecular flexibility index (Phi) is 5.91. The maximum absolute atomic E-state index is 12.8. The van der Waals surface area contributed by atoms with E-state index >= 15 is 0 Å². The van der Waals surface area contributed by atoms with E-state index in [0.717, 1.165) is 49.3 Å². The van der Waals surface area contributed by atoms with Gasteiger partial charge in [0.05, 0.1) is 6.67 Å². The fourth-order valence-electron chi connectivity index (χ4n) is 4.90. The van der Waals surface area contributed by atoms with Crippen LogP contribution >= 0.6 is 0 Å². The number of benzene rings is 2. The summed E-state index contributed by atoms with van der Waals surface area (Å²) < 4.78 is 0. The lowest BCUT2D eigenvalue weighted by Gasteiger charge is -2.43. The third-order valence-electron chi connectivity index (χ3n) is 6.53. The summed E-state index contributed by atoms with van der Waals surface area (Å²) in [4.78, 5) is 30.0. The average Bonchev–Trinajstić information content (AvgIpc) is 3.06. The van der Waals surface area contributed by atoms with E-state index < -0.39 is 5.54 Å². The van der Waals surface area contributed by atoms with Crippen molar-refractivity contribution in [2.24, 2.45) is 5.92 Å². The maximum Gasteiger partial charge on any atom is 0.247 e. The van der Waals surface area contributed by atoms with Crippen LogP contribution in [0.5, 0.6) is 0 Å². The standard InChI is InChI=1S/C25H31N3O2/c1-19-7-6-8-21(15-19)23(29)16-20(2)17-27-13-11-25(12-14-27)24(30)26-18-28(25)22-9-4-3-5-10-22/h3-10,15,20H,11-14,16-18H2,1-2H3,(H,26,30)/t20-/m1/s1. The molecule has 1 amide bonds. The van der Waals surface area contributed by atoms with Crippen molar-refractivity contribution in [2.75, 3.05) is 31.2 Å². The quantitative estimate of drug-likeness (QED) is 0.746. The number of carbonyl (C=O) groups excluding carboxylic acids is 2. The number of amides is 1. The fourth-order valence-corrected chi connectivity index (χ4v) is 4.90. The van der Waals surface area contributed by atoms with E-state index in [1.807, 2.05) is 49.4 Å². The molecule has 1 N–H and O–H groups in total. The molecule has 0 unspecified atom stereocenters. The molecule has 0 aliphatic carbocycles. The monoisotopic (exact) mass is 405 g/mol. The van der Waals surface area contributed by atoms with Crippen molar-refractivity contribution >= 4 is 17.4 Å². The number of anilines is 1. The first kappa shape index (κ1) is 20.6. The van der Waals surface area contributed by atoms with E-state index in [4.69, 9.17) is 0 Å². The molecule has 5 heteroatoms. The van der Waals surface area contributed by atoms with E-state index in [-0.39, 0.29) is 17.6 Å². The molecule has 2 aliphatic heterocycles. The van der Waals surface area contributed by atoms with Gasteiger partial charge in [-0.05, 0) is 43.9 Å². The second-order valence-electron chi connectivity index (χ2n) is 8.86. The molecule has 2 fully saturated rings. The lowest BCUT2D eigenvalue weighted by Crippen LogP contribution is -2.56. The Balaban J connectivity index is 1.35. The Labute approximate surface area is 179 Å². The number of ketones is 1. The van der Waals surface area contributed by atoms with Gasteiger partial charge in [0.1, 0.15) is 5.54 Å². The number of rotatable bonds is 6. The maximum atomic E-state index is 12.8. The smallest absolute Gasteiger partial charge is 0.247 e. The molecule has 1 atom stereocenters. The molecule has 0 aromatic heterocycles. The van der Waals surface area contributed by atoms with E-state index in [0.29, 0.717) is 13.1 Å². The number of nitrogens with zero attached hydrogens (tertiary/aromatic N) is 2. The van der Waals surface area contributed by atoms with Crippen LogP contribution in [0, 0.1) is 12.8 Å². The molecule has 1 spiro atoms. The first-order chi connectivity index (χ1) is 14.5. The third-order valence-corrected chi connectivity index (χ3v) is 6.53. The molecule has 0 radical (unpaired) electrons. The SMILES string of the molecule is Cc1cccc(C(=O)C[C@@H](C)CN2CCC3(CC2)C(=O)NCN3c2ccccc2)c1. The van der Waals surface area contributed by atoms with Gasteiger partial charge in [-0.1, -0.05) is 48.9 Å². The molecule has 2 saturated heterocycles. The third kappa shape index (κ3) is 4.12. The van der Waals surface area contributed by atoms with Gasteiger partial charge in [-0.15, -0.1) is 0 Å². The summed E-state index contributed by atoms with van der Waals surface area (Å²) in [5.74, 6) is 0.647. The summed E-state index contributed by atoms with van der Waals surface area (Å²) in [6.07, 6.45) is 2.18. The summed E-state index contributed by atoms with van der Waals surface area (Å²) in [5, 5.41) is 3.06. The van der Waals surface area contributed by atoms with Gasteiger partial charge in [0.2, 0.25) is 5.91 Å². The van der Waals surface area contributed by atoms with E-state index in [1.165, 1.54) is 0 Å². The summed E-state index contributed by atoms with van der Waals surface area (Å²) in [7, 11) is 0. The highest BCUT2D eigenvalue weighted by molar-refractivity contribution is 5.96. The van der Waals surface area contributed by atoms with Crippen LogP contribution in [0.1, 0.15) is 42.1 Å². The van der Waals surface area contributed by atoms with Gasteiger partial charge in [-0.3, -0.25) is 9.59 Å². The number of piperidine rings is 1. The summed E-state index contributed by atoms with van der Waals surface area (Å²) in [6.45, 7) is 7.38. The Morgan fingerprint density at radius 2 is 1.83 bits per heavy atom. The van der Waals surface area contributed by atoms with Crippen LogP contribution in [-0.2, 0) is 4.79 Å². The molecule has 5 nitrogen and oxygen atoms in total. The summed E-state index contributed by atoms with van der Waals surface area (Å²) in [6, 6.07) is 18.0. The lowest BCUT2D eigenvalue weighted by atomic mass is 9.85. The number of aryl methyl sites for hydroxylation is 1. The van der Waals surface area contributed by atoms with Crippen LogP contribution in [0.2, 0.25) is 0 Å². The van der Waals surface area contributed by atoms with Crippen molar-refractivity contribution in [3.63, 3.8) is 0 Å². The molecule has 2 aromatic carbocycles. The highest BCUT2D eigenvalue weighted by Crippen LogP contribution is 2.36. The Morgan fingerprint density at radius 3 is 2.53 bits per heavy atom. The van der Waals surface area contributed by atoms with Crippen molar-refractivity contribution in [1.82, 2.24) is 10.2 Å². The van der Waals surface area contributed by atoms with Crippen molar-refractivity contribution in [3.05, 3.63) is 65.7 Å². The fraction of sp³-hybridized carbons (Fsp3) is 0.440. The van der Waals surface area contributed by atoms with Crippen molar-refractivity contribution in [3.8, 4) is 0 Å². The number of para-hydroxylation sites is 1. The first-order valence-corrected chi connectivity index (χ1v) is 10.9. The van der Waals surface area contributed by atoms with Gasteiger partial charge in [-0.25, -0.2) is 0 Å². The minimum absolute atomic E-state index is 0.147. The minimum Gasteiger partial charge on any atom is -0.339 e. The summed E-state index contributed by atoms with van der Waals surface area (Å²) >= 11 is 0. The molecule has 30 heavy (non-hydrogen) atoms. The molecular formula is C25H31N3O2. The van der Waals surface area contributed by atoms with Gasteiger partial charge in [0.25, 0.3) is 0 Å². The molecular weight excluding hydrogens is 374 g/mol. The largest absolute Gasteiger partial charge is 0.339 e. The van der Waals surface area contributed by atoms with Crippen LogP contribution in [0.4, 0.5) is 5.69 Å². The van der Waals surface area contributed by atoms with Gasteiger partial charge < -0.3 is 15.1 Å². The molecule has 0 saturated carbocycles. The Bertz CT molecular complexity index is 904. The van der Waals surface area contributed by atoms with Gasteiger partial charge in [0.15, 0.2) is 5.78 Å². The second kappa shape index (κ2) is 8.60. The number of hydrogen-bond donors (Lipinski definition) is 1. The zero-order valence-electron chi connectivity index (χ0n) is 17.9. The van der Waals surface area contributed by atoms with E-state index in [2.05, 4.69) is 34.2 Å². The van der Waals surface area contributed by atoms with Crippen molar-refractivity contribution < 1.29 is 9.59 Å². The predicted octanol–water partition coefficient (Wildman–Crippen LogP) is 3.63. The highest BCUT2D eigenvalue weighted by Gasteiger charge is 2.50. The highest BCUT2D eigenvalue weighted by atomic mass is 16.2. The minimum atomic E-state index is -0.446. The summed E-state index contributed by atoms with van der Waals surface area (Å²) in [5.41, 5.74) is 2.58. The number of Topliss-reactive ketones (excluding diaryl/α,β-unsaturated/α-hetero) is 1. The normalized spacial score (nSPS) is 19.7. The zero-order chi connectivity index (χ0) is 21.1. The van der Waals surface area contributed by atoms with Crippen molar-refractivity contribution in [2.45, 2.75) is 38.6 Å². The number of carbonyl (C=O) groups is 2. The lowest BCUT2D eigenvalue weighted by molar-refractivity contribution is -0.125. The number of likely N-dealkylation sites (tertiary alicyclic amines) is 1. The van der Waals surface area contributed by atoms with E-state index in [1.54, 1.807) is 0 Å². The molecule has 0 bridgehead atoms. The molecule has 2 heterocycles. The van der Waals surface area contributed by atoms with Gasteiger partial charge >= 0.3 is 0 Å². The van der Waals surface area contributed by atoms with Crippen LogP contribution in [0.3, 0.4) is 0 Å². The van der Waals surface area contributed by atoms with E-state index in [9.17, 15) is 9.59 Å². The average molecular weight is 406 g/mol. The number of nitrogens with one attached hydrogen (secondary N) is 1. The van der Waals surface area contributed by atoms with Gasteiger partial charge in [-0.2, -0.15) is 0 Å². The Hall–Kier alpha value is -2.66. The van der Waals surface area contributed by atoms with Crippen molar-refractivity contribution in [1.29, 1.82) is 0 Å². The first-order valence-electron chi connectivity index (χ1n) is 10.9. The zero-order valence-corrected chi connectivity index (χ0v) is 17.9. The Morgan fingerprint density at radius 1 is 1.10 bits per heavy atom.